The smallest absolute Gasteiger partial charge is 0.320 e. The lowest BCUT2D eigenvalue weighted by atomic mass is 9.97. The van der Waals surface area contributed by atoms with Gasteiger partial charge in [0.25, 0.3) is 0 Å². The van der Waals surface area contributed by atoms with Crippen LogP contribution in [0.25, 0.3) is 0 Å². The molecule has 1 saturated heterocycles. The molecule has 22 heavy (non-hydrogen) atoms. The third kappa shape index (κ3) is 3.05. The van der Waals surface area contributed by atoms with E-state index in [1.807, 2.05) is 18.2 Å². The molecule has 5 heteroatoms. The van der Waals surface area contributed by atoms with Crippen LogP contribution >= 0.6 is 11.3 Å². The highest BCUT2D eigenvalue weighted by Gasteiger charge is 2.36. The Hall–Kier alpha value is -1.72. The zero-order valence-electron chi connectivity index (χ0n) is 12.6. The SMILES string of the molecule is Cc1ccc(C(c2ccccn2)N2CCCCC2C(=O)O)s1. The van der Waals surface area contributed by atoms with Crippen LogP contribution < -0.4 is 0 Å². The fraction of sp³-hybridized carbons (Fsp3) is 0.412. The van der Waals surface area contributed by atoms with Crippen molar-refractivity contribution in [2.45, 2.75) is 38.3 Å². The molecular formula is C17H20N2O2S. The molecule has 3 rings (SSSR count). The minimum absolute atomic E-state index is 0.0682. The Morgan fingerprint density at radius 3 is 2.86 bits per heavy atom. The number of aliphatic carboxylic acids is 1. The molecule has 2 unspecified atom stereocenters. The third-order valence-electron chi connectivity index (χ3n) is 4.16. The summed E-state index contributed by atoms with van der Waals surface area (Å²) in [6, 6.07) is 9.56. The van der Waals surface area contributed by atoms with E-state index in [0.717, 1.165) is 25.1 Å². The Labute approximate surface area is 134 Å². The van der Waals surface area contributed by atoms with Crippen molar-refractivity contribution in [1.29, 1.82) is 0 Å². The van der Waals surface area contributed by atoms with Crippen molar-refractivity contribution in [2.24, 2.45) is 0 Å². The van der Waals surface area contributed by atoms with Crippen molar-refractivity contribution in [3.63, 3.8) is 0 Å². The van der Waals surface area contributed by atoms with E-state index in [1.54, 1.807) is 17.5 Å². The van der Waals surface area contributed by atoms with Crippen molar-refractivity contribution < 1.29 is 9.90 Å². The van der Waals surface area contributed by atoms with Gasteiger partial charge in [-0.15, -0.1) is 11.3 Å². The average Bonchev–Trinajstić information content (AvgIpc) is 2.95. The monoisotopic (exact) mass is 316 g/mol. The van der Waals surface area contributed by atoms with E-state index in [1.165, 1.54) is 9.75 Å². The van der Waals surface area contributed by atoms with Gasteiger partial charge in [0.15, 0.2) is 0 Å². The highest BCUT2D eigenvalue weighted by Crippen LogP contribution is 2.36. The summed E-state index contributed by atoms with van der Waals surface area (Å²) in [6.45, 7) is 2.88. The maximum atomic E-state index is 11.7. The number of piperidine rings is 1. The second kappa shape index (κ2) is 6.58. The third-order valence-corrected chi connectivity index (χ3v) is 5.21. The minimum Gasteiger partial charge on any atom is -0.480 e. The largest absolute Gasteiger partial charge is 0.480 e. The van der Waals surface area contributed by atoms with E-state index in [4.69, 9.17) is 0 Å². The van der Waals surface area contributed by atoms with Crippen molar-refractivity contribution in [1.82, 2.24) is 9.88 Å². The molecule has 1 aliphatic rings. The Morgan fingerprint density at radius 2 is 2.23 bits per heavy atom. The maximum absolute atomic E-state index is 11.7. The maximum Gasteiger partial charge on any atom is 0.320 e. The van der Waals surface area contributed by atoms with Gasteiger partial charge in [0.05, 0.1) is 11.7 Å². The molecule has 1 aliphatic heterocycles. The summed E-state index contributed by atoms with van der Waals surface area (Å²) in [4.78, 5) is 20.7. The topological polar surface area (TPSA) is 53.4 Å². The number of hydrogen-bond acceptors (Lipinski definition) is 4. The molecule has 0 bridgehead atoms. The first kappa shape index (κ1) is 15.2. The Balaban J connectivity index is 2.02. The highest BCUT2D eigenvalue weighted by molar-refractivity contribution is 7.12. The molecule has 0 spiro atoms. The predicted octanol–water partition coefficient (Wildman–Crippen LogP) is 3.48. The zero-order chi connectivity index (χ0) is 15.5. The zero-order valence-corrected chi connectivity index (χ0v) is 13.4. The standard InChI is InChI=1S/C17H20N2O2S/c1-12-8-9-15(22-12)16(13-6-2-4-10-18-13)19-11-5-3-7-14(19)17(20)21/h2,4,6,8-10,14,16H,3,5,7,11H2,1H3,(H,20,21). The van der Waals surface area contributed by atoms with Gasteiger partial charge >= 0.3 is 5.97 Å². The number of rotatable bonds is 4. The number of carboxylic acid groups (broad SMARTS) is 1. The average molecular weight is 316 g/mol. The van der Waals surface area contributed by atoms with Crippen LogP contribution in [-0.4, -0.2) is 33.5 Å². The summed E-state index contributed by atoms with van der Waals surface area (Å²) in [6.07, 6.45) is 4.51. The molecule has 1 fully saturated rings. The molecule has 2 aromatic rings. The fourth-order valence-electron chi connectivity index (χ4n) is 3.15. The molecule has 2 aromatic heterocycles. The summed E-state index contributed by atoms with van der Waals surface area (Å²) < 4.78 is 0. The van der Waals surface area contributed by atoms with E-state index in [-0.39, 0.29) is 6.04 Å². The van der Waals surface area contributed by atoms with Gasteiger partial charge in [-0.25, -0.2) is 0 Å². The lowest BCUT2D eigenvalue weighted by Crippen LogP contribution is -2.46. The van der Waals surface area contributed by atoms with Gasteiger partial charge in [-0.3, -0.25) is 14.7 Å². The van der Waals surface area contributed by atoms with E-state index in [0.29, 0.717) is 6.42 Å². The van der Waals surface area contributed by atoms with Crippen LogP contribution in [0.1, 0.15) is 40.8 Å². The first-order valence-electron chi connectivity index (χ1n) is 7.62. The van der Waals surface area contributed by atoms with E-state index in [9.17, 15) is 9.90 Å². The first-order chi connectivity index (χ1) is 10.7. The predicted molar refractivity (Wildman–Crippen MR) is 87.1 cm³/mol. The van der Waals surface area contributed by atoms with E-state index < -0.39 is 12.0 Å². The lowest BCUT2D eigenvalue weighted by molar-refractivity contribution is -0.145. The second-order valence-electron chi connectivity index (χ2n) is 5.69. The van der Waals surface area contributed by atoms with Crippen LogP contribution in [0.15, 0.2) is 36.5 Å². The summed E-state index contributed by atoms with van der Waals surface area (Å²) >= 11 is 1.72. The van der Waals surface area contributed by atoms with Crippen molar-refractivity contribution in [3.8, 4) is 0 Å². The Bertz CT molecular complexity index is 641. The van der Waals surface area contributed by atoms with Gasteiger partial charge in [0, 0.05) is 22.5 Å². The molecule has 3 heterocycles. The molecule has 4 nitrogen and oxygen atoms in total. The van der Waals surface area contributed by atoms with Gasteiger partial charge < -0.3 is 5.11 Å². The summed E-state index contributed by atoms with van der Waals surface area (Å²) in [7, 11) is 0. The molecule has 0 radical (unpaired) electrons. The van der Waals surface area contributed by atoms with Crippen LogP contribution in [0.2, 0.25) is 0 Å². The molecule has 1 N–H and O–H groups in total. The van der Waals surface area contributed by atoms with Crippen LogP contribution in [0.4, 0.5) is 0 Å². The minimum atomic E-state index is -0.728. The molecule has 0 saturated carbocycles. The molecule has 0 aliphatic carbocycles. The van der Waals surface area contributed by atoms with Gasteiger partial charge in [-0.05, 0) is 44.0 Å². The van der Waals surface area contributed by atoms with Gasteiger partial charge in [0.2, 0.25) is 0 Å². The molecule has 2 atom stereocenters. The van der Waals surface area contributed by atoms with Gasteiger partial charge in [0.1, 0.15) is 6.04 Å². The fourth-order valence-corrected chi connectivity index (χ4v) is 4.16. The number of aryl methyl sites for hydroxylation is 1. The van der Waals surface area contributed by atoms with Crippen molar-refractivity contribution >= 4 is 17.3 Å². The number of carboxylic acids is 1. The summed E-state index contributed by atoms with van der Waals surface area (Å²) in [5, 5.41) is 9.60. The van der Waals surface area contributed by atoms with Crippen molar-refractivity contribution in [3.05, 3.63) is 52.0 Å². The number of nitrogens with zero attached hydrogens (tertiary/aromatic N) is 2. The summed E-state index contributed by atoms with van der Waals surface area (Å²) in [5.74, 6) is -0.728. The summed E-state index contributed by atoms with van der Waals surface area (Å²) in [5.41, 5.74) is 0.928. The normalized spacial score (nSPS) is 20.7. The number of hydrogen-bond donors (Lipinski definition) is 1. The second-order valence-corrected chi connectivity index (χ2v) is 7.01. The van der Waals surface area contributed by atoms with Crippen molar-refractivity contribution in [2.75, 3.05) is 6.54 Å². The lowest BCUT2D eigenvalue weighted by Gasteiger charge is -2.38. The number of carbonyl (C=O) groups is 1. The molecule has 0 amide bonds. The van der Waals surface area contributed by atoms with Crippen LogP contribution in [0, 0.1) is 6.92 Å². The highest BCUT2D eigenvalue weighted by atomic mass is 32.1. The van der Waals surface area contributed by atoms with Crippen LogP contribution in [0.5, 0.6) is 0 Å². The van der Waals surface area contributed by atoms with Crippen LogP contribution in [0.3, 0.4) is 0 Å². The Morgan fingerprint density at radius 1 is 1.36 bits per heavy atom. The molecule has 0 aromatic carbocycles. The Kier molecular flexibility index (Phi) is 4.55. The number of likely N-dealkylation sites (tertiary alicyclic amines) is 1. The quantitative estimate of drug-likeness (QED) is 0.938. The first-order valence-corrected chi connectivity index (χ1v) is 8.44. The number of pyridine rings is 1. The number of aromatic nitrogens is 1. The van der Waals surface area contributed by atoms with Gasteiger partial charge in [-0.2, -0.15) is 0 Å². The van der Waals surface area contributed by atoms with Crippen LogP contribution in [-0.2, 0) is 4.79 Å². The van der Waals surface area contributed by atoms with E-state index in [2.05, 4.69) is 28.9 Å². The van der Waals surface area contributed by atoms with E-state index >= 15 is 0 Å². The molecular weight excluding hydrogens is 296 g/mol. The molecule has 116 valence electrons. The van der Waals surface area contributed by atoms with Gasteiger partial charge in [-0.1, -0.05) is 12.5 Å². The number of thiophene rings is 1.